The molecule has 3 aliphatic rings. The molecule has 0 unspecified atom stereocenters. The molecule has 6 atom stereocenters. The number of benzene rings is 1. The van der Waals surface area contributed by atoms with E-state index in [1.165, 1.54) is 29.9 Å². The number of esters is 1. The number of nitro benzene ring substituents is 1. The lowest BCUT2D eigenvalue weighted by Crippen LogP contribution is -2.55. The van der Waals surface area contributed by atoms with E-state index in [0.717, 1.165) is 19.3 Å². The summed E-state index contributed by atoms with van der Waals surface area (Å²) in [5.74, 6) is -0.456. The maximum Gasteiger partial charge on any atom is 0.331 e. The van der Waals surface area contributed by atoms with Crippen molar-refractivity contribution < 1.29 is 38.5 Å². The van der Waals surface area contributed by atoms with Gasteiger partial charge in [0, 0.05) is 25.9 Å². The van der Waals surface area contributed by atoms with Gasteiger partial charge in [0.25, 0.3) is 0 Å². The van der Waals surface area contributed by atoms with E-state index in [4.69, 9.17) is 28.8 Å². The van der Waals surface area contributed by atoms with Gasteiger partial charge in [0.1, 0.15) is 23.4 Å². The lowest BCUT2D eigenvalue weighted by molar-refractivity contribution is -0.385. The molecule has 0 bridgehead atoms. The van der Waals surface area contributed by atoms with Crippen molar-refractivity contribution in [2.24, 2.45) is 5.92 Å². The van der Waals surface area contributed by atoms with E-state index in [2.05, 4.69) is 26.8 Å². The molecule has 0 aromatic heterocycles. The molecule has 10 nitrogen and oxygen atoms in total. The summed E-state index contributed by atoms with van der Waals surface area (Å²) in [5, 5.41) is 20.5. The second-order valence-electron chi connectivity index (χ2n) is 11.3. The molecule has 10 heteroatoms. The Balaban J connectivity index is 1.39. The molecular formula is C30H41NO9. The number of allylic oxidation sites excluding steroid dienone is 1. The van der Waals surface area contributed by atoms with Crippen molar-refractivity contribution in [1.82, 2.24) is 0 Å². The predicted octanol–water partition coefficient (Wildman–Crippen LogP) is 4.77. The third-order valence-corrected chi connectivity index (χ3v) is 8.16. The Morgan fingerprint density at radius 3 is 2.70 bits per heavy atom. The summed E-state index contributed by atoms with van der Waals surface area (Å²) in [6, 6.07) is 4.55. The van der Waals surface area contributed by atoms with Crippen molar-refractivity contribution in [3.05, 3.63) is 51.6 Å². The lowest BCUT2D eigenvalue weighted by Gasteiger charge is -2.42. The van der Waals surface area contributed by atoms with Gasteiger partial charge in [0.2, 0.25) is 0 Å². The number of epoxide rings is 2. The second kappa shape index (κ2) is 12.8. The molecule has 2 aliphatic heterocycles. The molecule has 1 N–H and O–H groups in total. The first kappa shape index (κ1) is 30.2. The second-order valence-corrected chi connectivity index (χ2v) is 11.3. The third kappa shape index (κ3) is 6.91. The molecule has 220 valence electrons. The SMILES string of the molecule is CO[C@@H]1[C@H](OC(=O)C=Cc2ccc(OCCCCCO)c([N+](=O)[O-])c2)CC[C@]2(CO2)[C@H]1[C@@]1(C)O[C@@H]1CC=C(C)C. The number of nitro groups is 1. The molecular weight excluding hydrogens is 518 g/mol. The number of carbonyl (C=O) groups excluding carboxylic acids is 1. The maximum absolute atomic E-state index is 12.8. The smallest absolute Gasteiger partial charge is 0.331 e. The van der Waals surface area contributed by atoms with E-state index in [1.54, 1.807) is 13.2 Å². The van der Waals surface area contributed by atoms with Crippen molar-refractivity contribution in [3.63, 3.8) is 0 Å². The van der Waals surface area contributed by atoms with Crippen molar-refractivity contribution in [1.29, 1.82) is 0 Å². The maximum atomic E-state index is 12.8. The fraction of sp³-hybridized carbons (Fsp3) is 0.633. The number of carbonyl (C=O) groups is 1. The molecule has 2 saturated heterocycles. The Labute approximate surface area is 235 Å². The summed E-state index contributed by atoms with van der Waals surface area (Å²) in [7, 11) is 1.63. The van der Waals surface area contributed by atoms with Crippen molar-refractivity contribution in [2.45, 2.75) is 88.8 Å². The van der Waals surface area contributed by atoms with Crippen molar-refractivity contribution in [2.75, 3.05) is 26.9 Å². The number of aliphatic hydroxyl groups excluding tert-OH is 1. The normalized spacial score (nSPS) is 30.7. The minimum atomic E-state index is -0.548. The molecule has 3 fully saturated rings. The van der Waals surface area contributed by atoms with Crippen LogP contribution >= 0.6 is 0 Å². The van der Waals surface area contributed by atoms with E-state index in [0.29, 0.717) is 38.0 Å². The van der Waals surface area contributed by atoms with Crippen LogP contribution in [0.4, 0.5) is 5.69 Å². The van der Waals surface area contributed by atoms with Crippen LogP contribution in [0.15, 0.2) is 35.9 Å². The van der Waals surface area contributed by atoms with Crippen LogP contribution in [-0.2, 0) is 23.7 Å². The predicted molar refractivity (Wildman–Crippen MR) is 148 cm³/mol. The first-order valence-corrected chi connectivity index (χ1v) is 14.0. The highest BCUT2D eigenvalue weighted by Gasteiger charge is 2.72. The number of unbranched alkanes of at least 4 members (excludes halogenated alkanes) is 2. The van der Waals surface area contributed by atoms with Gasteiger partial charge in [0.15, 0.2) is 5.75 Å². The third-order valence-electron chi connectivity index (χ3n) is 8.16. The number of hydrogen-bond donors (Lipinski definition) is 1. The number of hydrogen-bond acceptors (Lipinski definition) is 9. The quantitative estimate of drug-likeness (QED) is 0.0651. The topological polar surface area (TPSA) is 133 Å². The van der Waals surface area contributed by atoms with Gasteiger partial charge in [-0.25, -0.2) is 4.79 Å². The van der Waals surface area contributed by atoms with Gasteiger partial charge in [-0.1, -0.05) is 17.7 Å². The molecule has 4 rings (SSSR count). The Bertz CT molecular complexity index is 1120. The van der Waals surface area contributed by atoms with Crippen LogP contribution in [-0.4, -0.2) is 72.4 Å². The molecule has 1 aromatic carbocycles. The average Bonchev–Trinajstić information content (AvgIpc) is 3.84. The Hall–Kier alpha value is -2.79. The van der Waals surface area contributed by atoms with Crippen molar-refractivity contribution in [3.8, 4) is 5.75 Å². The van der Waals surface area contributed by atoms with Crippen LogP contribution in [0.2, 0.25) is 0 Å². The minimum absolute atomic E-state index is 0.0590. The number of nitrogens with zero attached hydrogens (tertiary/aromatic N) is 1. The Morgan fingerprint density at radius 2 is 2.05 bits per heavy atom. The molecule has 1 spiro atoms. The molecule has 0 radical (unpaired) electrons. The number of aliphatic hydroxyl groups is 1. The zero-order valence-electron chi connectivity index (χ0n) is 23.8. The van der Waals surface area contributed by atoms with Crippen LogP contribution in [0, 0.1) is 16.0 Å². The molecule has 1 aromatic rings. The van der Waals surface area contributed by atoms with Gasteiger partial charge < -0.3 is 28.8 Å². The van der Waals surface area contributed by atoms with E-state index in [9.17, 15) is 14.9 Å². The van der Waals surface area contributed by atoms with Crippen LogP contribution in [0.3, 0.4) is 0 Å². The highest BCUT2D eigenvalue weighted by molar-refractivity contribution is 5.87. The highest BCUT2D eigenvalue weighted by Crippen LogP contribution is 2.59. The van der Waals surface area contributed by atoms with E-state index >= 15 is 0 Å². The fourth-order valence-electron chi connectivity index (χ4n) is 5.90. The standard InChI is InChI=1S/C30H41NO9/c1-20(2)8-12-25-29(3,40-25)28-27(36-4)24(14-15-30(28)19-38-30)39-26(33)13-10-21-9-11-23(22(18-21)31(34)35)37-17-7-5-6-16-32/h8-11,13,18,24-25,27-28,32H,5-7,12,14-17,19H2,1-4H3/t24-,25-,27-,28-,29+,30+/m1/s1. The summed E-state index contributed by atoms with van der Waals surface area (Å²) in [6.45, 7) is 7.30. The lowest BCUT2D eigenvalue weighted by atomic mass is 9.68. The zero-order valence-corrected chi connectivity index (χ0v) is 23.8. The van der Waals surface area contributed by atoms with Crippen LogP contribution < -0.4 is 4.74 Å². The summed E-state index contributed by atoms with van der Waals surface area (Å²) in [6.07, 6.45) is 8.45. The molecule has 40 heavy (non-hydrogen) atoms. The number of rotatable bonds is 14. The first-order valence-electron chi connectivity index (χ1n) is 14.0. The molecule has 1 aliphatic carbocycles. The Morgan fingerprint density at radius 1 is 1.27 bits per heavy atom. The first-order chi connectivity index (χ1) is 19.1. The summed E-state index contributed by atoms with van der Waals surface area (Å²) < 4.78 is 29.5. The largest absolute Gasteiger partial charge is 0.487 e. The van der Waals surface area contributed by atoms with Crippen LogP contribution in [0.1, 0.15) is 64.9 Å². The van der Waals surface area contributed by atoms with E-state index in [-0.39, 0.29) is 41.8 Å². The molecule has 2 heterocycles. The zero-order chi connectivity index (χ0) is 28.9. The minimum Gasteiger partial charge on any atom is -0.487 e. The fourth-order valence-corrected chi connectivity index (χ4v) is 5.90. The summed E-state index contributed by atoms with van der Waals surface area (Å²) >= 11 is 0. The van der Waals surface area contributed by atoms with E-state index < -0.39 is 22.6 Å². The monoisotopic (exact) mass is 559 g/mol. The average molecular weight is 560 g/mol. The van der Waals surface area contributed by atoms with Crippen molar-refractivity contribution >= 4 is 17.7 Å². The molecule has 0 amide bonds. The van der Waals surface area contributed by atoms with Gasteiger partial charge in [-0.05, 0) is 77.0 Å². The van der Waals surface area contributed by atoms with Gasteiger partial charge in [-0.15, -0.1) is 0 Å². The number of ether oxygens (including phenoxy) is 5. The molecule has 1 saturated carbocycles. The van der Waals surface area contributed by atoms with Crippen LogP contribution in [0.25, 0.3) is 6.08 Å². The van der Waals surface area contributed by atoms with Crippen LogP contribution in [0.5, 0.6) is 5.75 Å². The number of methoxy groups -OCH3 is 1. The van der Waals surface area contributed by atoms with Gasteiger partial charge >= 0.3 is 11.7 Å². The van der Waals surface area contributed by atoms with Gasteiger partial charge in [-0.2, -0.15) is 0 Å². The van der Waals surface area contributed by atoms with E-state index in [1.807, 2.05) is 0 Å². The summed E-state index contributed by atoms with van der Waals surface area (Å²) in [5.41, 5.74) is 0.804. The Kier molecular flexibility index (Phi) is 9.66. The summed E-state index contributed by atoms with van der Waals surface area (Å²) in [4.78, 5) is 23.9. The van der Waals surface area contributed by atoms with Gasteiger partial charge in [0.05, 0.1) is 30.2 Å². The van der Waals surface area contributed by atoms with Gasteiger partial charge in [-0.3, -0.25) is 10.1 Å². The highest BCUT2D eigenvalue weighted by atomic mass is 16.6.